The topological polar surface area (TPSA) is 67.7 Å². The molecule has 0 saturated carbocycles. The molecule has 2 atom stereocenters. The lowest BCUT2D eigenvalue weighted by atomic mass is 9.95. The van der Waals surface area contributed by atoms with E-state index in [1.165, 1.54) is 23.6 Å². The molecular formula is C28H25F7N4O3S. The molecule has 2 aliphatic rings. The van der Waals surface area contributed by atoms with Crippen molar-refractivity contribution in [3.8, 4) is 11.1 Å². The average molecular weight is 631 g/mol. The zero-order valence-electron chi connectivity index (χ0n) is 22.9. The van der Waals surface area contributed by atoms with Crippen LogP contribution in [0.15, 0.2) is 46.6 Å². The van der Waals surface area contributed by atoms with Gasteiger partial charge in [-0.15, -0.1) is 11.8 Å². The lowest BCUT2D eigenvalue weighted by molar-refractivity contribution is -0.137. The largest absolute Gasteiger partial charge is 0.417 e. The first-order chi connectivity index (χ1) is 20.2. The number of methoxy groups -OCH3 is 1. The third-order valence-electron chi connectivity index (χ3n) is 7.48. The Morgan fingerprint density at radius 3 is 2.60 bits per heavy atom. The van der Waals surface area contributed by atoms with Crippen LogP contribution in [0.3, 0.4) is 0 Å². The van der Waals surface area contributed by atoms with Crippen LogP contribution in [0.4, 0.5) is 36.6 Å². The molecule has 3 heterocycles. The first kappa shape index (κ1) is 30.9. The van der Waals surface area contributed by atoms with E-state index in [4.69, 9.17) is 4.74 Å². The molecule has 1 fully saturated rings. The van der Waals surface area contributed by atoms with Gasteiger partial charge in [0.15, 0.2) is 0 Å². The van der Waals surface area contributed by atoms with Crippen LogP contribution >= 0.6 is 11.8 Å². The summed E-state index contributed by atoms with van der Waals surface area (Å²) in [4.78, 5) is 31.9. The maximum absolute atomic E-state index is 15.0. The Bertz CT molecular complexity index is 1680. The number of amides is 1. The fourth-order valence-electron chi connectivity index (χ4n) is 5.72. The molecule has 3 aromatic rings. The van der Waals surface area contributed by atoms with E-state index in [9.17, 15) is 35.9 Å². The molecular weight excluding hydrogens is 605 g/mol. The van der Waals surface area contributed by atoms with E-state index in [0.717, 1.165) is 40.9 Å². The van der Waals surface area contributed by atoms with Crippen molar-refractivity contribution in [3.05, 3.63) is 64.6 Å². The van der Waals surface area contributed by atoms with Gasteiger partial charge in [0.05, 0.1) is 36.3 Å². The number of alkyl halides is 5. The number of likely N-dealkylation sites (tertiary alicyclic amines) is 1. The molecule has 5 rings (SSSR count). The Morgan fingerprint density at radius 2 is 1.98 bits per heavy atom. The summed E-state index contributed by atoms with van der Waals surface area (Å²) in [6.45, 7) is 2.19. The van der Waals surface area contributed by atoms with Gasteiger partial charge < -0.3 is 14.5 Å². The standard InChI is InChI=1S/C28H25F7N4O3S/c1-4-21(40)38-13-27(31,32)9-15(38)10-37(2)25-18-8-19(28(33,34)35)22(17-6-5-14(29)7-20(17)30)24-23(18)39(26(41)36-25)16(11-42-3)12-43-24/h4-8,15-16H,1,9-13H2,2-3H3/t15?,16-/m0/s1. The van der Waals surface area contributed by atoms with Crippen molar-refractivity contribution in [1.29, 1.82) is 0 Å². The number of nitrogens with zero attached hydrogens (tertiary/aromatic N) is 4. The summed E-state index contributed by atoms with van der Waals surface area (Å²) in [5.41, 5.74) is -3.16. The number of rotatable bonds is 7. The number of benzene rings is 2. The van der Waals surface area contributed by atoms with Gasteiger partial charge in [0.2, 0.25) is 5.91 Å². The van der Waals surface area contributed by atoms with Crippen molar-refractivity contribution in [2.45, 2.75) is 35.5 Å². The Labute approximate surface area is 244 Å². The van der Waals surface area contributed by atoms with E-state index < -0.39 is 77.1 Å². The van der Waals surface area contributed by atoms with Gasteiger partial charge in [-0.2, -0.15) is 18.2 Å². The molecule has 0 N–H and O–H groups in total. The number of hydrogen-bond acceptors (Lipinski definition) is 6. The Hall–Kier alpha value is -3.59. The fraction of sp³-hybridized carbons (Fsp3) is 0.393. The van der Waals surface area contributed by atoms with Gasteiger partial charge in [-0.25, -0.2) is 22.4 Å². The third kappa shape index (κ3) is 5.59. The highest BCUT2D eigenvalue weighted by atomic mass is 32.2. The van der Waals surface area contributed by atoms with E-state index in [1.54, 1.807) is 0 Å². The highest BCUT2D eigenvalue weighted by Crippen LogP contribution is 2.50. The van der Waals surface area contributed by atoms with Gasteiger partial charge in [0.1, 0.15) is 17.5 Å². The van der Waals surface area contributed by atoms with Crippen LogP contribution in [0, 0.1) is 11.6 Å². The Kier molecular flexibility index (Phi) is 8.01. The second-order valence-electron chi connectivity index (χ2n) is 10.4. The highest BCUT2D eigenvalue weighted by Gasteiger charge is 2.47. The normalized spacial score (nSPS) is 19.6. The SMILES string of the molecule is C=CC(=O)N1CC(F)(F)CC1CN(C)c1nc(=O)n2c3c(c(-c4ccc(F)cc4F)c(C(F)(F)F)cc13)SC[C@@H]2COC. The number of carbonyl (C=O) groups excluding carboxylic acids is 1. The number of thioether (sulfide) groups is 1. The van der Waals surface area contributed by atoms with Crippen LogP contribution in [0.2, 0.25) is 0 Å². The maximum atomic E-state index is 15.0. The number of aromatic nitrogens is 2. The van der Waals surface area contributed by atoms with Crippen molar-refractivity contribution < 1.29 is 40.3 Å². The molecule has 2 aliphatic heterocycles. The molecule has 15 heteroatoms. The molecule has 230 valence electrons. The predicted octanol–water partition coefficient (Wildman–Crippen LogP) is 5.51. The second kappa shape index (κ2) is 11.2. The minimum Gasteiger partial charge on any atom is -0.383 e. The van der Waals surface area contributed by atoms with Crippen molar-refractivity contribution in [2.75, 3.05) is 44.5 Å². The number of likely N-dealkylation sites (N-methyl/N-ethyl adjacent to an activating group) is 1. The molecule has 1 aromatic heterocycles. The molecule has 0 spiro atoms. The molecule has 1 saturated heterocycles. The zero-order valence-corrected chi connectivity index (χ0v) is 23.7. The third-order valence-corrected chi connectivity index (χ3v) is 8.71. The molecule has 0 aliphatic carbocycles. The van der Waals surface area contributed by atoms with Gasteiger partial charge in [-0.1, -0.05) is 6.58 Å². The molecule has 2 aromatic carbocycles. The predicted molar refractivity (Wildman–Crippen MR) is 147 cm³/mol. The van der Waals surface area contributed by atoms with Crippen LogP contribution in [0.5, 0.6) is 0 Å². The van der Waals surface area contributed by atoms with E-state index in [0.29, 0.717) is 6.07 Å². The number of halogens is 7. The summed E-state index contributed by atoms with van der Waals surface area (Å²) in [5, 5.41) is -0.143. The van der Waals surface area contributed by atoms with Crippen LogP contribution in [0.25, 0.3) is 22.0 Å². The summed E-state index contributed by atoms with van der Waals surface area (Å²) in [7, 11) is 2.75. The van der Waals surface area contributed by atoms with Gasteiger partial charge >= 0.3 is 11.9 Å². The monoisotopic (exact) mass is 630 g/mol. The van der Waals surface area contributed by atoms with Crippen LogP contribution in [-0.2, 0) is 15.7 Å². The van der Waals surface area contributed by atoms with Crippen molar-refractivity contribution in [2.24, 2.45) is 0 Å². The molecule has 43 heavy (non-hydrogen) atoms. The van der Waals surface area contributed by atoms with E-state index >= 15 is 4.39 Å². The lowest BCUT2D eigenvalue weighted by Gasteiger charge is -2.33. The minimum atomic E-state index is -5.03. The summed E-state index contributed by atoms with van der Waals surface area (Å²) in [6, 6.07) is 1.23. The minimum absolute atomic E-state index is 0.00928. The van der Waals surface area contributed by atoms with Crippen LogP contribution < -0.4 is 10.6 Å². The molecule has 1 unspecified atom stereocenters. The van der Waals surface area contributed by atoms with E-state index in [2.05, 4.69) is 11.6 Å². The molecule has 1 amide bonds. The van der Waals surface area contributed by atoms with Gasteiger partial charge in [0, 0.05) is 60.4 Å². The number of anilines is 1. The highest BCUT2D eigenvalue weighted by molar-refractivity contribution is 7.99. The maximum Gasteiger partial charge on any atom is 0.417 e. The van der Waals surface area contributed by atoms with Crippen molar-refractivity contribution >= 4 is 34.4 Å². The van der Waals surface area contributed by atoms with Crippen LogP contribution in [0.1, 0.15) is 18.0 Å². The second-order valence-corrected chi connectivity index (χ2v) is 11.4. The van der Waals surface area contributed by atoms with Crippen molar-refractivity contribution in [1.82, 2.24) is 14.5 Å². The molecule has 7 nitrogen and oxygen atoms in total. The average Bonchev–Trinajstić information content (AvgIpc) is 3.23. The Balaban J connectivity index is 1.77. The number of carbonyl (C=O) groups is 1. The lowest BCUT2D eigenvalue weighted by Crippen LogP contribution is -2.43. The number of ether oxygens (including phenoxy) is 1. The quantitative estimate of drug-likeness (QED) is 0.254. The first-order valence-electron chi connectivity index (χ1n) is 13.0. The summed E-state index contributed by atoms with van der Waals surface area (Å²) in [5.74, 6) is -6.32. The summed E-state index contributed by atoms with van der Waals surface area (Å²) < 4.78 is 108. The first-order valence-corrected chi connectivity index (χ1v) is 13.9. The van der Waals surface area contributed by atoms with Gasteiger partial charge in [-0.3, -0.25) is 9.36 Å². The number of hydrogen-bond donors (Lipinski definition) is 0. The summed E-state index contributed by atoms with van der Waals surface area (Å²) >= 11 is 0.953. The molecule has 0 bridgehead atoms. The fourth-order valence-corrected chi connectivity index (χ4v) is 7.03. The van der Waals surface area contributed by atoms with E-state index in [-0.39, 0.29) is 40.5 Å². The van der Waals surface area contributed by atoms with E-state index in [1.807, 2.05) is 0 Å². The van der Waals surface area contributed by atoms with Gasteiger partial charge in [-0.05, 0) is 24.3 Å². The van der Waals surface area contributed by atoms with Crippen molar-refractivity contribution in [3.63, 3.8) is 0 Å². The van der Waals surface area contributed by atoms with Crippen LogP contribution in [-0.4, -0.2) is 71.9 Å². The molecule has 0 radical (unpaired) electrons. The summed E-state index contributed by atoms with van der Waals surface area (Å²) in [6.07, 6.45) is -4.85. The Morgan fingerprint density at radius 1 is 1.26 bits per heavy atom. The zero-order chi connectivity index (χ0) is 31.4. The smallest absolute Gasteiger partial charge is 0.383 e. The van der Waals surface area contributed by atoms with Gasteiger partial charge in [0.25, 0.3) is 5.92 Å².